The van der Waals surface area contributed by atoms with Gasteiger partial charge in [-0.3, -0.25) is 4.79 Å². The van der Waals surface area contributed by atoms with Crippen molar-refractivity contribution >= 4 is 21.7 Å². The van der Waals surface area contributed by atoms with Gasteiger partial charge in [-0.1, -0.05) is 46.3 Å². The molecular formula is C16H15BrO3. The molecule has 2 rings (SSSR count). The molecule has 104 valence electrons. The van der Waals surface area contributed by atoms with Crippen molar-refractivity contribution in [2.45, 2.75) is 4.83 Å². The van der Waals surface area contributed by atoms with E-state index >= 15 is 0 Å². The van der Waals surface area contributed by atoms with Crippen LogP contribution in [0.15, 0.2) is 48.5 Å². The number of carbonyl (C=O) groups is 1. The maximum absolute atomic E-state index is 12.6. The van der Waals surface area contributed by atoms with Crippen LogP contribution in [0.25, 0.3) is 0 Å². The van der Waals surface area contributed by atoms with E-state index in [0.29, 0.717) is 17.1 Å². The fourth-order valence-electron chi connectivity index (χ4n) is 2.00. The number of ether oxygens (including phenoxy) is 2. The van der Waals surface area contributed by atoms with Crippen molar-refractivity contribution < 1.29 is 14.3 Å². The average Bonchev–Trinajstić information content (AvgIpc) is 2.53. The van der Waals surface area contributed by atoms with Gasteiger partial charge in [0.05, 0.1) is 19.8 Å². The number of rotatable bonds is 5. The third-order valence-corrected chi connectivity index (χ3v) is 3.92. The molecule has 2 aromatic carbocycles. The van der Waals surface area contributed by atoms with Crippen molar-refractivity contribution in [3.05, 3.63) is 59.7 Å². The maximum Gasteiger partial charge on any atom is 0.184 e. The van der Waals surface area contributed by atoms with E-state index in [1.807, 2.05) is 36.4 Å². The molecule has 2 aromatic rings. The van der Waals surface area contributed by atoms with Gasteiger partial charge in [0.25, 0.3) is 0 Å². The van der Waals surface area contributed by atoms with E-state index in [4.69, 9.17) is 9.47 Å². The quantitative estimate of drug-likeness (QED) is 0.611. The fourth-order valence-corrected chi connectivity index (χ4v) is 2.63. The van der Waals surface area contributed by atoms with E-state index in [-0.39, 0.29) is 5.78 Å². The predicted molar refractivity (Wildman–Crippen MR) is 82.0 cm³/mol. The Morgan fingerprint density at radius 1 is 0.950 bits per heavy atom. The summed E-state index contributed by atoms with van der Waals surface area (Å²) >= 11 is 3.46. The number of Topliss-reactive ketones (excluding diaryl/α,β-unsaturated/α-hetero) is 1. The molecular weight excluding hydrogens is 320 g/mol. The Morgan fingerprint density at radius 3 is 2.15 bits per heavy atom. The smallest absolute Gasteiger partial charge is 0.184 e. The fraction of sp³-hybridized carbons (Fsp3) is 0.188. The van der Waals surface area contributed by atoms with Crippen LogP contribution < -0.4 is 9.47 Å². The first-order valence-corrected chi connectivity index (χ1v) is 7.04. The summed E-state index contributed by atoms with van der Waals surface area (Å²) in [5.41, 5.74) is 1.34. The monoisotopic (exact) mass is 334 g/mol. The largest absolute Gasteiger partial charge is 0.496 e. The molecule has 0 aliphatic rings. The van der Waals surface area contributed by atoms with Crippen LogP contribution in [0.4, 0.5) is 0 Å². The van der Waals surface area contributed by atoms with Crippen molar-refractivity contribution in [3.63, 3.8) is 0 Å². The molecule has 0 aliphatic heterocycles. The number of para-hydroxylation sites is 2. The second kappa shape index (κ2) is 6.57. The van der Waals surface area contributed by atoms with E-state index in [1.165, 1.54) is 0 Å². The van der Waals surface area contributed by atoms with Gasteiger partial charge in [0.15, 0.2) is 5.78 Å². The lowest BCUT2D eigenvalue weighted by Crippen LogP contribution is -2.09. The molecule has 4 heteroatoms. The molecule has 0 spiro atoms. The van der Waals surface area contributed by atoms with E-state index in [2.05, 4.69) is 15.9 Å². The third kappa shape index (κ3) is 2.85. The van der Waals surface area contributed by atoms with E-state index in [1.54, 1.807) is 26.4 Å². The highest BCUT2D eigenvalue weighted by atomic mass is 79.9. The Hall–Kier alpha value is -1.81. The summed E-state index contributed by atoms with van der Waals surface area (Å²) in [5.74, 6) is 1.18. The minimum absolute atomic E-state index is 0.0630. The zero-order valence-corrected chi connectivity index (χ0v) is 12.9. The minimum atomic E-state index is -0.477. The van der Waals surface area contributed by atoms with Crippen molar-refractivity contribution in [2.24, 2.45) is 0 Å². The molecule has 0 bridgehead atoms. The van der Waals surface area contributed by atoms with Gasteiger partial charge in [0.1, 0.15) is 16.3 Å². The van der Waals surface area contributed by atoms with Gasteiger partial charge in [-0.15, -0.1) is 0 Å². The highest BCUT2D eigenvalue weighted by Gasteiger charge is 2.24. The summed E-state index contributed by atoms with van der Waals surface area (Å²) in [6.07, 6.45) is 0. The summed E-state index contributed by atoms with van der Waals surface area (Å²) < 4.78 is 10.5. The third-order valence-electron chi connectivity index (χ3n) is 3.01. The summed E-state index contributed by atoms with van der Waals surface area (Å²) in [5, 5.41) is 0. The second-order valence-electron chi connectivity index (χ2n) is 4.17. The number of carbonyl (C=O) groups excluding carboxylic acids is 1. The molecule has 0 amide bonds. The van der Waals surface area contributed by atoms with E-state index in [9.17, 15) is 4.79 Å². The van der Waals surface area contributed by atoms with Crippen LogP contribution >= 0.6 is 15.9 Å². The van der Waals surface area contributed by atoms with Crippen LogP contribution in [0.2, 0.25) is 0 Å². The van der Waals surface area contributed by atoms with Gasteiger partial charge in [-0.2, -0.15) is 0 Å². The Kier molecular flexibility index (Phi) is 4.79. The normalized spacial score (nSPS) is 11.8. The van der Waals surface area contributed by atoms with Gasteiger partial charge in [0.2, 0.25) is 0 Å². The van der Waals surface area contributed by atoms with E-state index in [0.717, 1.165) is 5.56 Å². The van der Waals surface area contributed by atoms with Gasteiger partial charge in [0, 0.05) is 5.56 Å². The summed E-state index contributed by atoms with van der Waals surface area (Å²) in [4.78, 5) is 12.1. The van der Waals surface area contributed by atoms with Crippen LogP contribution in [-0.2, 0) is 0 Å². The number of hydrogen-bond donors (Lipinski definition) is 0. The molecule has 0 heterocycles. The molecule has 1 atom stereocenters. The number of halogens is 1. The van der Waals surface area contributed by atoms with Crippen LogP contribution in [0.3, 0.4) is 0 Å². The lowest BCUT2D eigenvalue weighted by molar-refractivity contribution is 0.0987. The predicted octanol–water partition coefficient (Wildman–Crippen LogP) is 4.02. The van der Waals surface area contributed by atoms with Crippen molar-refractivity contribution in [1.29, 1.82) is 0 Å². The lowest BCUT2D eigenvalue weighted by atomic mass is 10.0. The highest BCUT2D eigenvalue weighted by molar-refractivity contribution is 9.09. The molecule has 3 nitrogen and oxygen atoms in total. The molecule has 0 unspecified atom stereocenters. The summed E-state index contributed by atoms with van der Waals surface area (Å²) in [6, 6.07) is 14.6. The highest BCUT2D eigenvalue weighted by Crippen LogP contribution is 2.35. The molecule has 0 radical (unpaired) electrons. The van der Waals surface area contributed by atoms with Crippen molar-refractivity contribution in [2.75, 3.05) is 14.2 Å². The standard InChI is InChI=1S/C16H15BrO3/c1-19-13-9-5-3-7-11(13)15(17)16(18)12-8-4-6-10-14(12)20-2/h3-10,15H,1-2H3/t15-/m0/s1. The topological polar surface area (TPSA) is 35.5 Å². The molecule has 0 N–H and O–H groups in total. The van der Waals surface area contributed by atoms with Crippen LogP contribution in [0, 0.1) is 0 Å². The zero-order valence-electron chi connectivity index (χ0n) is 11.3. The number of ketones is 1. The Bertz CT molecular complexity index is 610. The number of hydrogen-bond acceptors (Lipinski definition) is 3. The molecule has 0 saturated carbocycles. The first-order chi connectivity index (χ1) is 9.69. The van der Waals surface area contributed by atoms with Crippen LogP contribution in [0.1, 0.15) is 20.7 Å². The van der Waals surface area contributed by atoms with Crippen molar-refractivity contribution in [1.82, 2.24) is 0 Å². The van der Waals surface area contributed by atoms with Gasteiger partial charge in [-0.05, 0) is 18.2 Å². The van der Waals surface area contributed by atoms with Gasteiger partial charge < -0.3 is 9.47 Å². The Morgan fingerprint density at radius 2 is 1.50 bits per heavy atom. The SMILES string of the molecule is COc1ccccc1C(=O)[C@@H](Br)c1ccccc1OC. The Labute approximate surface area is 126 Å². The maximum atomic E-state index is 12.6. The zero-order chi connectivity index (χ0) is 14.5. The molecule has 20 heavy (non-hydrogen) atoms. The first kappa shape index (κ1) is 14.6. The van der Waals surface area contributed by atoms with Crippen LogP contribution in [-0.4, -0.2) is 20.0 Å². The number of alkyl halides is 1. The second-order valence-corrected chi connectivity index (χ2v) is 5.08. The number of methoxy groups -OCH3 is 2. The Balaban J connectivity index is 2.38. The molecule has 0 aliphatic carbocycles. The lowest BCUT2D eigenvalue weighted by Gasteiger charge is -2.14. The van der Waals surface area contributed by atoms with Crippen LogP contribution in [0.5, 0.6) is 11.5 Å². The van der Waals surface area contributed by atoms with E-state index < -0.39 is 4.83 Å². The number of benzene rings is 2. The molecule has 0 aromatic heterocycles. The molecule has 0 saturated heterocycles. The van der Waals surface area contributed by atoms with Gasteiger partial charge >= 0.3 is 0 Å². The first-order valence-electron chi connectivity index (χ1n) is 6.13. The van der Waals surface area contributed by atoms with Crippen molar-refractivity contribution in [3.8, 4) is 11.5 Å². The summed E-state index contributed by atoms with van der Waals surface area (Å²) in [6.45, 7) is 0. The molecule has 0 fully saturated rings. The van der Waals surface area contributed by atoms with Gasteiger partial charge in [-0.25, -0.2) is 0 Å². The minimum Gasteiger partial charge on any atom is -0.496 e. The summed E-state index contributed by atoms with van der Waals surface area (Å²) in [7, 11) is 3.14. The average molecular weight is 335 g/mol.